The van der Waals surface area contributed by atoms with Gasteiger partial charge in [0, 0.05) is 12.7 Å². The van der Waals surface area contributed by atoms with Gasteiger partial charge in [-0.2, -0.15) is 0 Å². The molecule has 0 aliphatic carbocycles. The van der Waals surface area contributed by atoms with Crippen LogP contribution in [0, 0.1) is 0 Å². The van der Waals surface area contributed by atoms with Crippen molar-refractivity contribution in [2.45, 2.75) is 18.7 Å². The number of nitrogens with two attached hydrogens (primary N) is 1. The van der Waals surface area contributed by atoms with E-state index in [2.05, 4.69) is 9.88 Å². The highest BCUT2D eigenvalue weighted by Gasteiger charge is 2.18. The summed E-state index contributed by atoms with van der Waals surface area (Å²) in [5, 5.41) is 0. The number of anilines is 1. The number of rotatable bonds is 6. The van der Waals surface area contributed by atoms with E-state index in [1.807, 2.05) is 13.8 Å². The van der Waals surface area contributed by atoms with Crippen molar-refractivity contribution in [3.05, 3.63) is 18.5 Å². The second kappa shape index (κ2) is 5.97. The van der Waals surface area contributed by atoms with E-state index in [1.165, 1.54) is 18.5 Å². The van der Waals surface area contributed by atoms with Crippen LogP contribution in [0.5, 0.6) is 0 Å². The predicted octanol–water partition coefficient (Wildman–Crippen LogP) is 0.779. The van der Waals surface area contributed by atoms with Crippen LogP contribution in [0.4, 0.5) is 5.69 Å². The van der Waals surface area contributed by atoms with Crippen molar-refractivity contribution < 1.29 is 8.42 Å². The van der Waals surface area contributed by atoms with Crippen LogP contribution in [0.25, 0.3) is 0 Å². The van der Waals surface area contributed by atoms with E-state index < -0.39 is 9.84 Å². The molecule has 0 spiro atoms. The third kappa shape index (κ3) is 3.67. The first-order valence-electron chi connectivity index (χ1n) is 5.65. The second-order valence-electron chi connectivity index (χ2n) is 3.76. The maximum absolute atomic E-state index is 12.1. The van der Waals surface area contributed by atoms with Gasteiger partial charge in [-0.15, -0.1) is 0 Å². The zero-order valence-corrected chi connectivity index (χ0v) is 11.1. The van der Waals surface area contributed by atoms with Crippen LogP contribution in [0.1, 0.15) is 13.8 Å². The maximum Gasteiger partial charge on any atom is 0.181 e. The van der Waals surface area contributed by atoms with Gasteiger partial charge in [-0.25, -0.2) is 8.42 Å². The summed E-state index contributed by atoms with van der Waals surface area (Å²) < 4.78 is 24.1. The summed E-state index contributed by atoms with van der Waals surface area (Å²) in [6.07, 6.45) is 2.81. The van der Waals surface area contributed by atoms with E-state index >= 15 is 0 Å². The number of hydrogen-bond donors (Lipinski definition) is 1. The van der Waals surface area contributed by atoms with Crippen LogP contribution in [0.2, 0.25) is 0 Å². The van der Waals surface area contributed by atoms with Gasteiger partial charge in [-0.3, -0.25) is 4.98 Å². The van der Waals surface area contributed by atoms with Crippen LogP contribution in [0.15, 0.2) is 23.4 Å². The molecule has 1 heterocycles. The fourth-order valence-electron chi connectivity index (χ4n) is 1.58. The minimum atomic E-state index is -3.31. The molecule has 0 aliphatic heterocycles. The number of nitrogens with zero attached hydrogens (tertiary/aromatic N) is 2. The lowest BCUT2D eigenvalue weighted by atomic mass is 10.4. The second-order valence-corrected chi connectivity index (χ2v) is 5.84. The fraction of sp³-hybridized carbons (Fsp3) is 0.545. The molecular weight excluding hydrogens is 238 g/mol. The Labute approximate surface area is 103 Å². The van der Waals surface area contributed by atoms with Gasteiger partial charge in [0.15, 0.2) is 9.84 Å². The molecule has 0 aromatic carbocycles. The Kier molecular flexibility index (Phi) is 4.89. The van der Waals surface area contributed by atoms with Gasteiger partial charge in [0.2, 0.25) is 0 Å². The minimum Gasteiger partial charge on any atom is -0.396 e. The van der Waals surface area contributed by atoms with Gasteiger partial charge in [0.25, 0.3) is 0 Å². The van der Waals surface area contributed by atoms with E-state index in [0.717, 1.165) is 13.1 Å². The number of aromatic nitrogens is 1. The van der Waals surface area contributed by atoms with Crippen LogP contribution in [-0.2, 0) is 9.84 Å². The first-order valence-corrected chi connectivity index (χ1v) is 7.31. The highest BCUT2D eigenvalue weighted by molar-refractivity contribution is 7.91. The highest BCUT2D eigenvalue weighted by atomic mass is 32.2. The van der Waals surface area contributed by atoms with Gasteiger partial charge in [0.1, 0.15) is 0 Å². The number of pyridine rings is 1. The van der Waals surface area contributed by atoms with Crippen molar-refractivity contribution in [2.24, 2.45) is 0 Å². The maximum atomic E-state index is 12.1. The molecule has 1 rings (SSSR count). The lowest BCUT2D eigenvalue weighted by molar-refractivity contribution is 0.321. The Hall–Kier alpha value is -1.14. The molecule has 0 fully saturated rings. The van der Waals surface area contributed by atoms with Gasteiger partial charge in [0.05, 0.1) is 22.5 Å². The van der Waals surface area contributed by atoms with Crippen LogP contribution in [0.3, 0.4) is 0 Å². The summed E-state index contributed by atoms with van der Waals surface area (Å²) in [5.74, 6) is 0.0862. The van der Waals surface area contributed by atoms with E-state index in [0.29, 0.717) is 6.54 Å². The standard InChI is InChI=1S/C11H19N3O2S/c1-3-14(4-2)7-8-17(15,16)11-5-6-13-9-10(11)12/h5-6,9H,3-4,7-8,12H2,1-2H3. The Balaban J connectivity index is 2.80. The molecule has 5 nitrogen and oxygen atoms in total. The lowest BCUT2D eigenvalue weighted by Crippen LogP contribution is -2.29. The molecule has 0 bridgehead atoms. The zero-order chi connectivity index (χ0) is 12.9. The summed E-state index contributed by atoms with van der Waals surface area (Å²) in [6.45, 7) is 6.24. The molecule has 0 unspecified atom stereocenters. The van der Waals surface area contributed by atoms with Gasteiger partial charge in [-0.05, 0) is 19.2 Å². The van der Waals surface area contributed by atoms with E-state index in [1.54, 1.807) is 0 Å². The number of nitrogen functional groups attached to an aromatic ring is 1. The zero-order valence-electron chi connectivity index (χ0n) is 10.3. The molecule has 2 N–H and O–H groups in total. The molecule has 96 valence electrons. The molecular formula is C11H19N3O2S. The molecule has 6 heteroatoms. The Morgan fingerprint density at radius 2 is 2.00 bits per heavy atom. The van der Waals surface area contributed by atoms with E-state index in [4.69, 9.17) is 5.73 Å². The molecule has 0 saturated carbocycles. The molecule has 1 aromatic heterocycles. The predicted molar refractivity (Wildman–Crippen MR) is 68.5 cm³/mol. The summed E-state index contributed by atoms with van der Waals surface area (Å²) in [4.78, 5) is 6.03. The number of hydrogen-bond acceptors (Lipinski definition) is 5. The Bertz CT molecular complexity index is 456. The fourth-order valence-corrected chi connectivity index (χ4v) is 2.97. The SMILES string of the molecule is CCN(CC)CCS(=O)(=O)c1ccncc1N. The summed E-state index contributed by atoms with van der Waals surface area (Å²) in [5.41, 5.74) is 5.84. The van der Waals surface area contributed by atoms with E-state index in [-0.39, 0.29) is 16.3 Å². The third-order valence-corrected chi connectivity index (χ3v) is 4.48. The van der Waals surface area contributed by atoms with Crippen molar-refractivity contribution in [1.29, 1.82) is 0 Å². The molecule has 0 atom stereocenters. The highest BCUT2D eigenvalue weighted by Crippen LogP contribution is 2.17. The molecule has 0 radical (unpaired) electrons. The van der Waals surface area contributed by atoms with Gasteiger partial charge >= 0.3 is 0 Å². The molecule has 0 aliphatic rings. The van der Waals surface area contributed by atoms with Crippen molar-refractivity contribution in [1.82, 2.24) is 9.88 Å². The van der Waals surface area contributed by atoms with Gasteiger partial charge in [-0.1, -0.05) is 13.8 Å². The average molecular weight is 257 g/mol. The molecule has 0 saturated heterocycles. The van der Waals surface area contributed by atoms with Crippen molar-refractivity contribution >= 4 is 15.5 Å². The monoisotopic (exact) mass is 257 g/mol. The third-order valence-electron chi connectivity index (χ3n) is 2.72. The van der Waals surface area contributed by atoms with Crippen molar-refractivity contribution in [2.75, 3.05) is 31.1 Å². The average Bonchev–Trinajstić information content (AvgIpc) is 2.30. The topological polar surface area (TPSA) is 76.3 Å². The summed E-state index contributed by atoms with van der Waals surface area (Å²) in [6, 6.07) is 1.45. The number of sulfone groups is 1. The van der Waals surface area contributed by atoms with E-state index in [9.17, 15) is 8.42 Å². The molecule has 0 amide bonds. The summed E-state index contributed by atoms with van der Waals surface area (Å²) in [7, 11) is -3.31. The quantitative estimate of drug-likeness (QED) is 0.815. The molecule has 17 heavy (non-hydrogen) atoms. The van der Waals surface area contributed by atoms with Crippen LogP contribution in [-0.4, -0.2) is 43.7 Å². The summed E-state index contributed by atoms with van der Waals surface area (Å²) >= 11 is 0. The molecule has 1 aromatic rings. The largest absolute Gasteiger partial charge is 0.396 e. The van der Waals surface area contributed by atoms with Crippen molar-refractivity contribution in [3.63, 3.8) is 0 Å². The van der Waals surface area contributed by atoms with Crippen LogP contribution < -0.4 is 5.73 Å². The van der Waals surface area contributed by atoms with Crippen molar-refractivity contribution in [3.8, 4) is 0 Å². The van der Waals surface area contributed by atoms with Crippen LogP contribution >= 0.6 is 0 Å². The lowest BCUT2D eigenvalue weighted by Gasteiger charge is -2.17. The Morgan fingerprint density at radius 3 is 2.53 bits per heavy atom. The Morgan fingerprint density at radius 1 is 1.35 bits per heavy atom. The minimum absolute atomic E-state index is 0.0862. The van der Waals surface area contributed by atoms with Gasteiger partial charge < -0.3 is 10.6 Å². The first-order chi connectivity index (χ1) is 8.01. The smallest absolute Gasteiger partial charge is 0.181 e. The normalized spacial score (nSPS) is 11.9. The first kappa shape index (κ1) is 13.9.